The highest BCUT2D eigenvalue weighted by Crippen LogP contribution is 2.46. The first-order valence-electron chi connectivity index (χ1n) is 9.44. The Hall–Kier alpha value is -2.85. The minimum Gasteiger partial charge on any atom is -0.477 e. The SMILES string of the molecule is CN1COc2c(N3CC4CCOC4(CN)C3)c(F)cc3c(=O)c(C(=O)O)cn1c23. The second kappa shape index (κ2) is 6.07. The Balaban J connectivity index is 1.74. The number of hydrogen-bond acceptors (Lipinski definition) is 7. The Bertz CT molecular complexity index is 1100. The van der Waals surface area contributed by atoms with Gasteiger partial charge < -0.3 is 25.2 Å². The molecule has 3 aliphatic heterocycles. The van der Waals surface area contributed by atoms with Crippen molar-refractivity contribution in [2.24, 2.45) is 11.7 Å². The van der Waals surface area contributed by atoms with Crippen molar-refractivity contribution in [3.05, 3.63) is 33.9 Å². The Morgan fingerprint density at radius 3 is 2.97 bits per heavy atom. The Kier molecular flexibility index (Phi) is 3.81. The monoisotopic (exact) mass is 404 g/mol. The number of carboxylic acid groups (broad SMARTS) is 1. The van der Waals surface area contributed by atoms with Gasteiger partial charge in [0.15, 0.2) is 18.3 Å². The van der Waals surface area contributed by atoms with Crippen LogP contribution in [0.4, 0.5) is 10.1 Å². The highest BCUT2D eigenvalue weighted by Gasteiger charge is 2.51. The van der Waals surface area contributed by atoms with Crippen molar-refractivity contribution >= 4 is 22.6 Å². The van der Waals surface area contributed by atoms with Gasteiger partial charge in [0.05, 0.1) is 5.39 Å². The smallest absolute Gasteiger partial charge is 0.341 e. The van der Waals surface area contributed by atoms with Crippen molar-refractivity contribution in [2.75, 3.05) is 49.9 Å². The largest absolute Gasteiger partial charge is 0.477 e. The second-order valence-electron chi connectivity index (χ2n) is 7.87. The standard InChI is InChI=1S/C19H21FN4O5/c1-22-9-28-17-14-11(16(25)12(18(26)27)6-24(14)22)4-13(20)15(17)23-5-10-2-3-29-19(10,7-21)8-23/h4,6,10H,2-3,5,7-9,21H2,1H3,(H,26,27). The van der Waals surface area contributed by atoms with E-state index < -0.39 is 28.4 Å². The zero-order chi connectivity index (χ0) is 20.5. The van der Waals surface area contributed by atoms with E-state index in [0.717, 1.165) is 12.5 Å². The molecule has 2 atom stereocenters. The maximum Gasteiger partial charge on any atom is 0.341 e. The Labute approximate surface area is 165 Å². The minimum absolute atomic E-state index is 0.0307. The summed E-state index contributed by atoms with van der Waals surface area (Å²) in [6, 6.07) is 1.10. The first kappa shape index (κ1) is 18.2. The molecule has 0 amide bonds. The zero-order valence-electron chi connectivity index (χ0n) is 15.9. The molecule has 2 fully saturated rings. The van der Waals surface area contributed by atoms with Crippen molar-refractivity contribution in [3.63, 3.8) is 0 Å². The molecule has 3 aliphatic rings. The molecule has 2 unspecified atom stereocenters. The summed E-state index contributed by atoms with van der Waals surface area (Å²) in [7, 11) is 1.69. The number of halogens is 1. The van der Waals surface area contributed by atoms with Crippen molar-refractivity contribution in [2.45, 2.75) is 12.0 Å². The number of carbonyl (C=O) groups is 1. The molecule has 0 spiro atoms. The molecule has 0 radical (unpaired) electrons. The summed E-state index contributed by atoms with van der Waals surface area (Å²) in [5.41, 5.74) is 4.92. The van der Waals surface area contributed by atoms with Gasteiger partial charge in [-0.05, 0) is 12.5 Å². The first-order chi connectivity index (χ1) is 13.9. The fourth-order valence-electron chi connectivity index (χ4n) is 4.80. The summed E-state index contributed by atoms with van der Waals surface area (Å²) in [5, 5.41) is 11.0. The van der Waals surface area contributed by atoms with Crippen LogP contribution >= 0.6 is 0 Å². The topological polar surface area (TPSA) is 110 Å². The van der Waals surface area contributed by atoms with Crippen LogP contribution < -0.4 is 25.8 Å². The van der Waals surface area contributed by atoms with E-state index in [2.05, 4.69) is 0 Å². The molecule has 0 saturated carbocycles. The highest BCUT2D eigenvalue weighted by atomic mass is 19.1. The third-order valence-corrected chi connectivity index (χ3v) is 6.31. The molecule has 154 valence electrons. The molecule has 0 bridgehead atoms. The Morgan fingerprint density at radius 2 is 2.28 bits per heavy atom. The van der Waals surface area contributed by atoms with Crippen LogP contribution in [0.15, 0.2) is 17.1 Å². The second-order valence-corrected chi connectivity index (χ2v) is 7.87. The van der Waals surface area contributed by atoms with Gasteiger partial charge in [-0.1, -0.05) is 0 Å². The molecular weight excluding hydrogens is 383 g/mol. The molecular formula is C19H21FN4O5. The lowest BCUT2D eigenvalue weighted by molar-refractivity contribution is 0.0126. The number of hydrogen-bond donors (Lipinski definition) is 2. The number of benzene rings is 1. The van der Waals surface area contributed by atoms with E-state index >= 15 is 4.39 Å². The van der Waals surface area contributed by atoms with Gasteiger partial charge in [-0.15, -0.1) is 0 Å². The van der Waals surface area contributed by atoms with Crippen LogP contribution in [0.1, 0.15) is 16.8 Å². The van der Waals surface area contributed by atoms with Crippen molar-refractivity contribution < 1.29 is 23.8 Å². The van der Waals surface area contributed by atoms with Crippen LogP contribution in [0.2, 0.25) is 0 Å². The van der Waals surface area contributed by atoms with E-state index in [1.165, 1.54) is 10.9 Å². The molecule has 29 heavy (non-hydrogen) atoms. The minimum atomic E-state index is -1.36. The third kappa shape index (κ3) is 2.39. The number of rotatable bonds is 3. The number of nitrogens with two attached hydrogens (primary N) is 1. The maximum atomic E-state index is 15.3. The van der Waals surface area contributed by atoms with Gasteiger partial charge in [-0.3, -0.25) is 14.5 Å². The van der Waals surface area contributed by atoms with E-state index in [1.807, 2.05) is 4.90 Å². The third-order valence-electron chi connectivity index (χ3n) is 6.31. The van der Waals surface area contributed by atoms with Crippen LogP contribution in [-0.2, 0) is 4.74 Å². The number of fused-ring (bicyclic) bond motifs is 1. The molecule has 0 aliphatic carbocycles. The number of nitrogens with zero attached hydrogens (tertiary/aromatic N) is 3. The van der Waals surface area contributed by atoms with Gasteiger partial charge in [-0.2, -0.15) is 0 Å². The molecule has 1 aromatic carbocycles. The van der Waals surface area contributed by atoms with Gasteiger partial charge in [0.1, 0.15) is 22.4 Å². The van der Waals surface area contributed by atoms with E-state index in [0.29, 0.717) is 31.8 Å². The van der Waals surface area contributed by atoms with Crippen LogP contribution in [0.25, 0.3) is 10.9 Å². The normalized spacial score (nSPS) is 25.4. The lowest BCUT2D eigenvalue weighted by Crippen LogP contribution is -2.44. The van der Waals surface area contributed by atoms with Crippen LogP contribution in [-0.4, -0.2) is 61.4 Å². The summed E-state index contributed by atoms with van der Waals surface area (Å²) < 4.78 is 28.6. The van der Waals surface area contributed by atoms with Gasteiger partial charge >= 0.3 is 5.97 Å². The summed E-state index contributed by atoms with van der Waals surface area (Å²) in [6.07, 6.45) is 2.11. The van der Waals surface area contributed by atoms with Crippen molar-refractivity contribution in [3.8, 4) is 5.75 Å². The number of aromatic carboxylic acids is 1. The van der Waals surface area contributed by atoms with Crippen LogP contribution in [0, 0.1) is 11.7 Å². The number of pyridine rings is 1. The van der Waals surface area contributed by atoms with Gasteiger partial charge in [-0.25, -0.2) is 9.18 Å². The predicted molar refractivity (Wildman–Crippen MR) is 103 cm³/mol. The number of carboxylic acids is 1. The zero-order valence-corrected chi connectivity index (χ0v) is 15.9. The predicted octanol–water partition coefficient (Wildman–Crippen LogP) is 0.311. The summed E-state index contributed by atoms with van der Waals surface area (Å²) in [4.78, 5) is 26.0. The fourth-order valence-corrected chi connectivity index (χ4v) is 4.80. The van der Waals surface area contributed by atoms with Gasteiger partial charge in [0, 0.05) is 45.4 Å². The summed E-state index contributed by atoms with van der Waals surface area (Å²) >= 11 is 0. The van der Waals surface area contributed by atoms with Crippen molar-refractivity contribution in [1.82, 2.24) is 4.68 Å². The van der Waals surface area contributed by atoms with Crippen LogP contribution in [0.3, 0.4) is 0 Å². The van der Waals surface area contributed by atoms with E-state index in [-0.39, 0.29) is 29.5 Å². The average molecular weight is 404 g/mol. The lowest BCUT2D eigenvalue weighted by atomic mass is 9.91. The quantitative estimate of drug-likeness (QED) is 0.752. The molecule has 2 aromatic rings. The Morgan fingerprint density at radius 1 is 1.48 bits per heavy atom. The molecule has 5 rings (SSSR count). The number of aromatic nitrogens is 1. The molecule has 1 aromatic heterocycles. The molecule has 9 nitrogen and oxygen atoms in total. The highest BCUT2D eigenvalue weighted by molar-refractivity contribution is 5.97. The molecule has 3 N–H and O–H groups in total. The van der Waals surface area contributed by atoms with Crippen LogP contribution in [0.5, 0.6) is 5.75 Å². The van der Waals surface area contributed by atoms with Crippen molar-refractivity contribution in [1.29, 1.82) is 0 Å². The van der Waals surface area contributed by atoms with E-state index in [1.54, 1.807) is 12.1 Å². The molecule has 4 heterocycles. The summed E-state index contributed by atoms with van der Waals surface area (Å²) in [5.74, 6) is -1.56. The number of ether oxygens (including phenoxy) is 2. The van der Waals surface area contributed by atoms with Gasteiger partial charge in [0.2, 0.25) is 5.43 Å². The van der Waals surface area contributed by atoms with Gasteiger partial charge in [0.25, 0.3) is 0 Å². The maximum absolute atomic E-state index is 15.3. The number of anilines is 1. The summed E-state index contributed by atoms with van der Waals surface area (Å²) in [6.45, 7) is 2.07. The van der Waals surface area contributed by atoms with E-state index in [9.17, 15) is 14.7 Å². The fraction of sp³-hybridized carbons (Fsp3) is 0.474. The molecule has 10 heteroatoms. The van der Waals surface area contributed by atoms with E-state index in [4.69, 9.17) is 15.2 Å². The molecule has 2 saturated heterocycles. The lowest BCUT2D eigenvalue weighted by Gasteiger charge is -2.34. The average Bonchev–Trinajstić information content (AvgIpc) is 3.23. The first-order valence-corrected chi connectivity index (χ1v) is 9.44.